The van der Waals surface area contributed by atoms with Crippen LogP contribution in [0.4, 0.5) is 5.69 Å². The molecule has 0 radical (unpaired) electrons. The summed E-state index contributed by atoms with van der Waals surface area (Å²) in [6, 6.07) is 6.66. The number of anilines is 1. The average molecular weight is 324 g/mol. The van der Waals surface area contributed by atoms with Crippen molar-refractivity contribution < 1.29 is 19.4 Å². The van der Waals surface area contributed by atoms with Crippen molar-refractivity contribution in [3.05, 3.63) is 54.9 Å². The summed E-state index contributed by atoms with van der Waals surface area (Å²) in [6.45, 7) is 3.38. The molecule has 0 unspecified atom stereocenters. The summed E-state index contributed by atoms with van der Waals surface area (Å²) in [5.74, 6) is -0.900. The van der Waals surface area contributed by atoms with Gasteiger partial charge in [-0.3, -0.25) is 4.79 Å². The second-order valence-electron chi connectivity index (χ2n) is 4.74. The van der Waals surface area contributed by atoms with Gasteiger partial charge in [-0.15, -0.1) is 0 Å². The predicted octanol–water partition coefficient (Wildman–Crippen LogP) is 2.57. The topological polar surface area (TPSA) is 117 Å². The van der Waals surface area contributed by atoms with Gasteiger partial charge in [0.1, 0.15) is 16.8 Å². The summed E-state index contributed by atoms with van der Waals surface area (Å²) in [5.41, 5.74) is 1.09. The lowest BCUT2D eigenvalue weighted by Crippen LogP contribution is -2.07. The van der Waals surface area contributed by atoms with E-state index in [0.29, 0.717) is 17.1 Å². The summed E-state index contributed by atoms with van der Waals surface area (Å²) >= 11 is 0. The van der Waals surface area contributed by atoms with E-state index in [0.717, 1.165) is 6.08 Å². The third-order valence-corrected chi connectivity index (χ3v) is 3.10. The number of hydrogen-bond donors (Lipinski definition) is 3. The molecule has 120 valence electrons. The number of aromatic carboxylic acids is 1. The maximum atomic E-state index is 11.3. The lowest BCUT2D eigenvalue weighted by atomic mass is 10.3. The minimum atomic E-state index is -1.11. The number of amides is 1. The Hall–Kier alpha value is -3.68. The number of aromatic nitrogens is 3. The molecular weight excluding hydrogens is 312 g/mol. The first-order chi connectivity index (χ1) is 11.6. The fourth-order valence-corrected chi connectivity index (χ4v) is 2.04. The molecule has 0 bridgehead atoms. The third-order valence-electron chi connectivity index (χ3n) is 3.10. The molecule has 2 aromatic heterocycles. The van der Waals surface area contributed by atoms with Gasteiger partial charge in [0.15, 0.2) is 5.65 Å². The van der Waals surface area contributed by atoms with E-state index in [1.54, 1.807) is 24.3 Å². The zero-order chi connectivity index (χ0) is 17.1. The van der Waals surface area contributed by atoms with E-state index in [9.17, 15) is 9.59 Å². The maximum Gasteiger partial charge on any atom is 0.339 e. The first-order valence-electron chi connectivity index (χ1n) is 6.85. The molecule has 0 aliphatic heterocycles. The highest BCUT2D eigenvalue weighted by atomic mass is 16.5. The van der Waals surface area contributed by atoms with Gasteiger partial charge in [0.05, 0.1) is 6.20 Å². The molecule has 2 heterocycles. The predicted molar refractivity (Wildman–Crippen MR) is 86.2 cm³/mol. The van der Waals surface area contributed by atoms with Gasteiger partial charge in [-0.1, -0.05) is 12.6 Å². The van der Waals surface area contributed by atoms with Crippen LogP contribution >= 0.6 is 0 Å². The lowest BCUT2D eigenvalue weighted by molar-refractivity contribution is -0.111. The second kappa shape index (κ2) is 6.21. The Kier molecular flexibility index (Phi) is 3.94. The molecule has 0 saturated carbocycles. The van der Waals surface area contributed by atoms with Crippen molar-refractivity contribution in [2.45, 2.75) is 0 Å². The van der Waals surface area contributed by atoms with Gasteiger partial charge < -0.3 is 20.1 Å². The normalized spacial score (nSPS) is 10.3. The SMILES string of the molecule is C=CC(=O)Nc1cccc(Oc2cnc3[nH]cc(C(=O)O)c3n2)c1. The Morgan fingerprint density at radius 3 is 2.96 bits per heavy atom. The van der Waals surface area contributed by atoms with Crippen LogP contribution in [0.3, 0.4) is 0 Å². The zero-order valence-electron chi connectivity index (χ0n) is 12.3. The van der Waals surface area contributed by atoms with Crippen molar-refractivity contribution in [3.8, 4) is 11.6 Å². The third kappa shape index (κ3) is 3.07. The molecule has 0 aliphatic carbocycles. The van der Waals surface area contributed by atoms with Gasteiger partial charge in [0.2, 0.25) is 11.8 Å². The van der Waals surface area contributed by atoms with Crippen molar-refractivity contribution in [1.82, 2.24) is 15.0 Å². The minimum absolute atomic E-state index is 0.00921. The molecule has 8 nitrogen and oxygen atoms in total. The highest BCUT2D eigenvalue weighted by Gasteiger charge is 2.14. The Labute approximate surface area is 135 Å². The molecule has 3 aromatic rings. The first kappa shape index (κ1) is 15.2. The van der Waals surface area contributed by atoms with Gasteiger partial charge in [0, 0.05) is 18.0 Å². The number of aromatic amines is 1. The van der Waals surface area contributed by atoms with Gasteiger partial charge >= 0.3 is 5.97 Å². The second-order valence-corrected chi connectivity index (χ2v) is 4.74. The highest BCUT2D eigenvalue weighted by Crippen LogP contribution is 2.24. The number of nitrogens with zero attached hydrogens (tertiary/aromatic N) is 2. The number of carboxylic acids is 1. The van der Waals surface area contributed by atoms with Crippen LogP contribution in [0.2, 0.25) is 0 Å². The molecule has 24 heavy (non-hydrogen) atoms. The van der Waals surface area contributed by atoms with Gasteiger partial charge in [0.25, 0.3) is 0 Å². The summed E-state index contributed by atoms with van der Waals surface area (Å²) in [4.78, 5) is 33.4. The molecule has 0 spiro atoms. The van der Waals surface area contributed by atoms with Gasteiger partial charge in [-0.05, 0) is 18.2 Å². The highest BCUT2D eigenvalue weighted by molar-refractivity contribution is 6.00. The van der Waals surface area contributed by atoms with E-state index in [1.165, 1.54) is 12.4 Å². The van der Waals surface area contributed by atoms with E-state index < -0.39 is 5.97 Å². The van der Waals surface area contributed by atoms with Crippen LogP contribution in [0.15, 0.2) is 49.3 Å². The Balaban J connectivity index is 1.88. The number of carboxylic acid groups (broad SMARTS) is 1. The van der Waals surface area contributed by atoms with Crippen molar-refractivity contribution in [3.63, 3.8) is 0 Å². The van der Waals surface area contributed by atoms with Crippen LogP contribution in [-0.4, -0.2) is 31.9 Å². The smallest absolute Gasteiger partial charge is 0.339 e. The van der Waals surface area contributed by atoms with E-state index in [4.69, 9.17) is 9.84 Å². The van der Waals surface area contributed by atoms with Crippen LogP contribution in [-0.2, 0) is 4.79 Å². The number of H-pyrrole nitrogens is 1. The number of carbonyl (C=O) groups is 2. The number of carbonyl (C=O) groups excluding carboxylic acids is 1. The fourth-order valence-electron chi connectivity index (χ4n) is 2.04. The molecule has 0 fully saturated rings. The van der Waals surface area contributed by atoms with Gasteiger partial charge in [-0.2, -0.15) is 0 Å². The average Bonchev–Trinajstić information content (AvgIpc) is 2.98. The van der Waals surface area contributed by atoms with E-state index in [1.807, 2.05) is 0 Å². The molecule has 1 aromatic carbocycles. The van der Waals surface area contributed by atoms with E-state index in [-0.39, 0.29) is 22.9 Å². The number of rotatable bonds is 5. The molecule has 0 atom stereocenters. The van der Waals surface area contributed by atoms with Crippen LogP contribution in [0.25, 0.3) is 11.2 Å². The van der Waals surface area contributed by atoms with E-state index >= 15 is 0 Å². The molecule has 3 N–H and O–H groups in total. The summed E-state index contributed by atoms with van der Waals surface area (Å²) in [6.07, 6.45) is 3.86. The molecule has 3 rings (SSSR count). The first-order valence-corrected chi connectivity index (χ1v) is 6.85. The Morgan fingerprint density at radius 2 is 2.21 bits per heavy atom. The Bertz CT molecular complexity index is 948. The van der Waals surface area contributed by atoms with Crippen molar-refractivity contribution in [2.24, 2.45) is 0 Å². The van der Waals surface area contributed by atoms with Crippen molar-refractivity contribution >= 4 is 28.7 Å². The Morgan fingerprint density at radius 1 is 1.38 bits per heavy atom. The molecular formula is C16H12N4O4. The molecule has 0 aliphatic rings. The molecule has 1 amide bonds. The lowest BCUT2D eigenvalue weighted by Gasteiger charge is -2.07. The monoisotopic (exact) mass is 324 g/mol. The minimum Gasteiger partial charge on any atom is -0.478 e. The van der Waals surface area contributed by atoms with Crippen LogP contribution in [0, 0.1) is 0 Å². The van der Waals surface area contributed by atoms with Gasteiger partial charge in [-0.25, -0.2) is 14.8 Å². The summed E-state index contributed by atoms with van der Waals surface area (Å²) in [5, 5.41) is 11.7. The zero-order valence-corrected chi connectivity index (χ0v) is 12.3. The van der Waals surface area contributed by atoms with Crippen molar-refractivity contribution in [2.75, 3.05) is 5.32 Å². The fraction of sp³-hybridized carbons (Fsp3) is 0. The number of ether oxygens (including phenoxy) is 1. The number of nitrogens with one attached hydrogen (secondary N) is 2. The van der Waals surface area contributed by atoms with Crippen LogP contribution in [0.1, 0.15) is 10.4 Å². The van der Waals surface area contributed by atoms with Crippen LogP contribution < -0.4 is 10.1 Å². The quantitative estimate of drug-likeness (QED) is 0.621. The summed E-state index contributed by atoms with van der Waals surface area (Å²) in [7, 11) is 0. The number of fused-ring (bicyclic) bond motifs is 1. The van der Waals surface area contributed by atoms with Crippen LogP contribution in [0.5, 0.6) is 11.6 Å². The molecule has 0 saturated heterocycles. The summed E-state index contributed by atoms with van der Waals surface area (Å²) < 4.78 is 5.59. The van der Waals surface area contributed by atoms with Crippen molar-refractivity contribution in [1.29, 1.82) is 0 Å². The number of hydrogen-bond acceptors (Lipinski definition) is 5. The van der Waals surface area contributed by atoms with E-state index in [2.05, 4.69) is 26.8 Å². The maximum absolute atomic E-state index is 11.3. The largest absolute Gasteiger partial charge is 0.478 e. The standard InChI is InChI=1S/C16H12N4O4/c1-2-12(21)19-9-4-3-5-10(6-9)24-13-8-18-15-14(20-13)11(7-17-15)16(22)23/h2-8H,1H2,(H,17,18)(H,19,21)(H,22,23). The molecule has 8 heteroatoms. The number of benzene rings is 1.